The van der Waals surface area contributed by atoms with Crippen LogP contribution in [0.2, 0.25) is 0 Å². The molecule has 0 saturated carbocycles. The summed E-state index contributed by atoms with van der Waals surface area (Å²) in [5, 5.41) is 8.86. The molecule has 0 bridgehead atoms. The number of pyridine rings is 1. The Morgan fingerprint density at radius 1 is 1.55 bits per heavy atom. The molecule has 3 heteroatoms. The van der Waals surface area contributed by atoms with E-state index in [0.29, 0.717) is 0 Å². The van der Waals surface area contributed by atoms with Crippen LogP contribution in [0.3, 0.4) is 0 Å². The van der Waals surface area contributed by atoms with Gasteiger partial charge in [-0.05, 0) is 12.1 Å². The van der Waals surface area contributed by atoms with E-state index in [4.69, 9.17) is 5.11 Å². The van der Waals surface area contributed by atoms with Crippen LogP contribution in [-0.4, -0.2) is 15.1 Å². The highest BCUT2D eigenvalue weighted by Gasteiger charge is 2.00. The second-order valence-electron chi connectivity index (χ2n) is 2.37. The third kappa shape index (κ3) is 0.897. The Kier molecular flexibility index (Phi) is 1.36. The Bertz CT molecular complexity index is 367. The second kappa shape index (κ2) is 2.36. The molecule has 0 aliphatic rings. The molecule has 0 radical (unpaired) electrons. The molecule has 2 aromatic heterocycles. The number of aliphatic hydroxyl groups is 1. The van der Waals surface area contributed by atoms with Crippen LogP contribution >= 0.6 is 0 Å². The highest BCUT2D eigenvalue weighted by atomic mass is 16.3. The number of fused-ring (bicyclic) bond motifs is 1. The minimum atomic E-state index is 0.0387. The average Bonchev–Trinajstić information content (AvgIpc) is 2.47. The zero-order chi connectivity index (χ0) is 7.68. The summed E-state index contributed by atoms with van der Waals surface area (Å²) in [5.74, 6) is 0. The SMILES string of the molecule is OCc1c[nH]c2cccnc12. The molecule has 2 rings (SSSR count). The van der Waals surface area contributed by atoms with Gasteiger partial charge in [0, 0.05) is 18.0 Å². The smallest absolute Gasteiger partial charge is 0.0933 e. The molecule has 0 unspecified atom stereocenters. The number of aromatic nitrogens is 2. The molecule has 3 nitrogen and oxygen atoms in total. The number of aliphatic hydroxyl groups excluding tert-OH is 1. The summed E-state index contributed by atoms with van der Waals surface area (Å²) in [6.45, 7) is 0.0387. The first kappa shape index (κ1) is 6.37. The van der Waals surface area contributed by atoms with Crippen LogP contribution in [0, 0.1) is 0 Å². The molecule has 0 saturated heterocycles. The topological polar surface area (TPSA) is 48.9 Å². The van der Waals surface area contributed by atoms with Gasteiger partial charge in [0.1, 0.15) is 0 Å². The third-order valence-corrected chi connectivity index (χ3v) is 1.68. The number of H-pyrrole nitrogens is 1. The molecule has 0 aliphatic carbocycles. The zero-order valence-electron chi connectivity index (χ0n) is 5.91. The molecule has 0 atom stereocenters. The first-order valence-electron chi connectivity index (χ1n) is 3.43. The zero-order valence-corrected chi connectivity index (χ0v) is 5.91. The summed E-state index contributed by atoms with van der Waals surface area (Å²) in [6.07, 6.45) is 3.49. The third-order valence-electron chi connectivity index (χ3n) is 1.68. The number of nitrogens with one attached hydrogen (secondary N) is 1. The van der Waals surface area contributed by atoms with Crippen molar-refractivity contribution in [2.24, 2.45) is 0 Å². The molecular weight excluding hydrogens is 140 g/mol. The van der Waals surface area contributed by atoms with E-state index in [0.717, 1.165) is 16.6 Å². The highest BCUT2D eigenvalue weighted by Crippen LogP contribution is 2.13. The first-order chi connectivity index (χ1) is 5.42. The lowest BCUT2D eigenvalue weighted by Gasteiger charge is -1.89. The van der Waals surface area contributed by atoms with E-state index in [-0.39, 0.29) is 6.61 Å². The first-order valence-corrected chi connectivity index (χ1v) is 3.43. The molecule has 2 aromatic rings. The average molecular weight is 148 g/mol. The largest absolute Gasteiger partial charge is 0.392 e. The van der Waals surface area contributed by atoms with E-state index >= 15 is 0 Å². The van der Waals surface area contributed by atoms with Gasteiger partial charge in [0.25, 0.3) is 0 Å². The molecule has 11 heavy (non-hydrogen) atoms. The van der Waals surface area contributed by atoms with Crippen LogP contribution in [-0.2, 0) is 6.61 Å². The van der Waals surface area contributed by atoms with Crippen molar-refractivity contribution in [3.8, 4) is 0 Å². The van der Waals surface area contributed by atoms with Gasteiger partial charge in [0.15, 0.2) is 0 Å². The van der Waals surface area contributed by atoms with Crippen molar-refractivity contribution < 1.29 is 5.11 Å². The van der Waals surface area contributed by atoms with E-state index in [9.17, 15) is 0 Å². The highest BCUT2D eigenvalue weighted by molar-refractivity contribution is 5.78. The standard InChI is InChI=1S/C8H8N2O/c11-5-6-4-10-7-2-1-3-9-8(6)7/h1-4,10-11H,5H2. The van der Waals surface area contributed by atoms with Gasteiger partial charge in [-0.15, -0.1) is 0 Å². The van der Waals surface area contributed by atoms with Crippen molar-refractivity contribution in [1.29, 1.82) is 0 Å². The molecular formula is C8H8N2O. The molecule has 0 aromatic carbocycles. The normalized spacial score (nSPS) is 10.6. The van der Waals surface area contributed by atoms with Gasteiger partial charge in [0.2, 0.25) is 0 Å². The van der Waals surface area contributed by atoms with Crippen LogP contribution in [0.1, 0.15) is 5.56 Å². The Labute approximate surface area is 63.7 Å². The monoisotopic (exact) mass is 148 g/mol. The summed E-state index contributed by atoms with van der Waals surface area (Å²) in [7, 11) is 0. The van der Waals surface area contributed by atoms with Gasteiger partial charge in [-0.1, -0.05) is 0 Å². The van der Waals surface area contributed by atoms with Crippen molar-refractivity contribution in [1.82, 2.24) is 9.97 Å². The molecule has 2 heterocycles. The molecule has 0 spiro atoms. The minimum Gasteiger partial charge on any atom is -0.392 e. The molecule has 2 N–H and O–H groups in total. The maximum absolute atomic E-state index is 8.86. The molecule has 56 valence electrons. The summed E-state index contributed by atoms with van der Waals surface area (Å²) in [5.41, 5.74) is 2.67. The lowest BCUT2D eigenvalue weighted by molar-refractivity contribution is 0.283. The lowest BCUT2D eigenvalue weighted by Crippen LogP contribution is -1.80. The van der Waals surface area contributed by atoms with Gasteiger partial charge in [-0.25, -0.2) is 0 Å². The number of aromatic amines is 1. The quantitative estimate of drug-likeness (QED) is 0.635. The Hall–Kier alpha value is -1.35. The van der Waals surface area contributed by atoms with Gasteiger partial charge < -0.3 is 10.1 Å². The van der Waals surface area contributed by atoms with E-state index in [1.165, 1.54) is 0 Å². The van der Waals surface area contributed by atoms with E-state index in [2.05, 4.69) is 9.97 Å². The summed E-state index contributed by atoms with van der Waals surface area (Å²) in [6, 6.07) is 3.79. The van der Waals surface area contributed by atoms with Gasteiger partial charge in [-0.2, -0.15) is 0 Å². The van der Waals surface area contributed by atoms with Crippen molar-refractivity contribution in [3.05, 3.63) is 30.1 Å². The van der Waals surface area contributed by atoms with Crippen LogP contribution in [0.4, 0.5) is 0 Å². The van der Waals surface area contributed by atoms with Gasteiger partial charge in [-0.3, -0.25) is 4.98 Å². The maximum atomic E-state index is 8.86. The fourth-order valence-corrected chi connectivity index (χ4v) is 1.13. The van der Waals surface area contributed by atoms with E-state index in [1.54, 1.807) is 12.4 Å². The Morgan fingerprint density at radius 2 is 2.45 bits per heavy atom. The number of hydrogen-bond acceptors (Lipinski definition) is 2. The van der Waals surface area contributed by atoms with E-state index < -0.39 is 0 Å². The summed E-state index contributed by atoms with van der Waals surface area (Å²) < 4.78 is 0. The van der Waals surface area contributed by atoms with Crippen molar-refractivity contribution in [2.75, 3.05) is 0 Å². The second-order valence-corrected chi connectivity index (χ2v) is 2.37. The van der Waals surface area contributed by atoms with Crippen LogP contribution < -0.4 is 0 Å². The van der Waals surface area contributed by atoms with Crippen molar-refractivity contribution >= 4 is 11.0 Å². The van der Waals surface area contributed by atoms with Crippen molar-refractivity contribution in [2.45, 2.75) is 6.61 Å². The van der Waals surface area contributed by atoms with Crippen LogP contribution in [0.15, 0.2) is 24.5 Å². The van der Waals surface area contributed by atoms with Gasteiger partial charge >= 0.3 is 0 Å². The van der Waals surface area contributed by atoms with Gasteiger partial charge in [0.05, 0.1) is 17.6 Å². The Morgan fingerprint density at radius 3 is 3.27 bits per heavy atom. The fraction of sp³-hybridized carbons (Fsp3) is 0.125. The molecule has 0 amide bonds. The minimum absolute atomic E-state index is 0.0387. The molecule has 0 fully saturated rings. The van der Waals surface area contributed by atoms with E-state index in [1.807, 2.05) is 12.1 Å². The Balaban J connectivity index is 2.76. The summed E-state index contributed by atoms with van der Waals surface area (Å²) in [4.78, 5) is 7.14. The van der Waals surface area contributed by atoms with Crippen molar-refractivity contribution in [3.63, 3.8) is 0 Å². The number of nitrogens with zero attached hydrogens (tertiary/aromatic N) is 1. The lowest BCUT2D eigenvalue weighted by atomic mass is 10.3. The van der Waals surface area contributed by atoms with Crippen LogP contribution in [0.25, 0.3) is 11.0 Å². The predicted octanol–water partition coefficient (Wildman–Crippen LogP) is 1.06. The number of rotatable bonds is 1. The fourth-order valence-electron chi connectivity index (χ4n) is 1.13. The van der Waals surface area contributed by atoms with Crippen LogP contribution in [0.5, 0.6) is 0 Å². The molecule has 0 aliphatic heterocycles. The summed E-state index contributed by atoms with van der Waals surface area (Å²) >= 11 is 0. The number of hydrogen-bond donors (Lipinski definition) is 2. The predicted molar refractivity (Wildman–Crippen MR) is 42.0 cm³/mol. The maximum Gasteiger partial charge on any atom is 0.0933 e.